The van der Waals surface area contributed by atoms with Gasteiger partial charge in [-0.05, 0) is 73.6 Å². The molecule has 2 fully saturated rings. The monoisotopic (exact) mass is 670 g/mol. The van der Waals surface area contributed by atoms with Crippen LogP contribution < -0.4 is 5.32 Å². The minimum absolute atomic E-state index is 0.235. The van der Waals surface area contributed by atoms with Crippen molar-refractivity contribution in [1.29, 1.82) is 0 Å². The van der Waals surface area contributed by atoms with Crippen LogP contribution in [0.4, 0.5) is 5.13 Å². The summed E-state index contributed by atoms with van der Waals surface area (Å²) in [6.07, 6.45) is 6.41. The summed E-state index contributed by atoms with van der Waals surface area (Å²) < 4.78 is 36.7. The summed E-state index contributed by atoms with van der Waals surface area (Å²) in [4.78, 5) is 44.2. The number of benzene rings is 3. The van der Waals surface area contributed by atoms with Crippen LogP contribution in [0.5, 0.6) is 0 Å². The number of carbonyl (C=O) groups excluding carboxylic acids is 3. The van der Waals surface area contributed by atoms with Gasteiger partial charge in [-0.2, -0.15) is 0 Å². The van der Waals surface area contributed by atoms with Crippen molar-refractivity contribution >= 4 is 49.7 Å². The number of nitrogens with one attached hydrogen (secondary N) is 1. The molecule has 0 radical (unpaired) electrons. The summed E-state index contributed by atoms with van der Waals surface area (Å²) in [5, 5.41) is 4.47. The first-order valence-electron chi connectivity index (χ1n) is 15.6. The van der Waals surface area contributed by atoms with Gasteiger partial charge in [0.05, 0.1) is 27.0 Å². The number of allylic oxidation sites excluding steroid dienone is 1. The third-order valence-electron chi connectivity index (χ3n) is 8.21. The van der Waals surface area contributed by atoms with E-state index in [0.717, 1.165) is 37.0 Å². The van der Waals surface area contributed by atoms with E-state index >= 15 is 0 Å². The van der Waals surface area contributed by atoms with Crippen molar-refractivity contribution in [2.24, 2.45) is 5.92 Å². The number of thiazole rings is 1. The van der Waals surface area contributed by atoms with E-state index in [1.165, 1.54) is 0 Å². The number of ether oxygens (including phenoxy) is 2. The van der Waals surface area contributed by atoms with Crippen molar-refractivity contribution in [3.63, 3.8) is 0 Å². The summed E-state index contributed by atoms with van der Waals surface area (Å²) in [5.41, 5.74) is 2.04. The zero-order chi connectivity index (χ0) is 32.8. The van der Waals surface area contributed by atoms with E-state index in [1.54, 1.807) is 90.3 Å². The molecule has 2 aliphatic rings. The van der Waals surface area contributed by atoms with Crippen LogP contribution in [-0.2, 0) is 24.1 Å². The van der Waals surface area contributed by atoms with Gasteiger partial charge in [-0.15, -0.1) is 11.3 Å². The minimum atomic E-state index is -3.35. The van der Waals surface area contributed by atoms with Crippen molar-refractivity contribution in [3.8, 4) is 0 Å². The van der Waals surface area contributed by atoms with E-state index in [9.17, 15) is 22.8 Å². The lowest BCUT2D eigenvalue weighted by Crippen LogP contribution is -2.20. The van der Waals surface area contributed by atoms with Crippen LogP contribution in [0.25, 0.3) is 5.57 Å². The Morgan fingerprint density at radius 3 is 2.06 bits per heavy atom. The molecule has 0 bridgehead atoms. The topological polar surface area (TPSA) is 129 Å². The maximum absolute atomic E-state index is 13.7. The highest BCUT2D eigenvalue weighted by Gasteiger charge is 2.37. The average Bonchev–Trinajstić information content (AvgIpc) is 3.66. The zero-order valence-corrected chi connectivity index (χ0v) is 27.2. The Hall–Kier alpha value is -4.61. The van der Waals surface area contributed by atoms with Crippen LogP contribution in [0.1, 0.15) is 76.6 Å². The molecule has 2 saturated carbocycles. The number of rotatable bonds is 12. The summed E-state index contributed by atoms with van der Waals surface area (Å²) >= 11 is 1.15. The van der Waals surface area contributed by atoms with E-state index in [1.807, 2.05) is 6.08 Å². The molecular weight excluding hydrogens is 637 g/mol. The molecule has 242 valence electrons. The minimum Gasteiger partial charge on any atom is -0.458 e. The number of nitrogens with zero attached hydrogens (tertiary/aromatic N) is 1. The highest BCUT2D eigenvalue weighted by Crippen LogP contribution is 2.35. The summed E-state index contributed by atoms with van der Waals surface area (Å²) in [6.45, 7) is -0.285. The Morgan fingerprint density at radius 1 is 0.830 bits per heavy atom. The van der Waals surface area contributed by atoms with Crippen molar-refractivity contribution in [2.45, 2.75) is 54.8 Å². The second kappa shape index (κ2) is 14.4. The van der Waals surface area contributed by atoms with Gasteiger partial charge in [0, 0.05) is 11.0 Å². The normalized spacial score (nSPS) is 16.0. The van der Waals surface area contributed by atoms with E-state index in [-0.39, 0.29) is 33.7 Å². The number of anilines is 1. The first-order valence-corrected chi connectivity index (χ1v) is 18.0. The largest absolute Gasteiger partial charge is 0.458 e. The molecule has 9 nitrogen and oxygen atoms in total. The molecule has 1 heterocycles. The number of sulfone groups is 1. The van der Waals surface area contributed by atoms with Gasteiger partial charge in [0.2, 0.25) is 0 Å². The lowest BCUT2D eigenvalue weighted by atomic mass is 9.98. The number of esters is 2. The molecule has 0 aliphatic heterocycles. The molecule has 0 saturated heterocycles. The Morgan fingerprint density at radius 2 is 1.45 bits per heavy atom. The van der Waals surface area contributed by atoms with Crippen LogP contribution in [0.15, 0.2) is 101 Å². The lowest BCUT2D eigenvalue weighted by Gasteiger charge is -2.16. The molecule has 1 unspecified atom stereocenters. The summed E-state index contributed by atoms with van der Waals surface area (Å²) in [5.74, 6) is -1.34. The molecule has 6 rings (SSSR count). The van der Waals surface area contributed by atoms with Gasteiger partial charge in [-0.3, -0.25) is 10.1 Å². The molecule has 47 heavy (non-hydrogen) atoms. The zero-order valence-electron chi connectivity index (χ0n) is 25.5. The standard InChI is InChI=1S/C36H34N2O7S2/c39-33(30(21-24-9-7-8-10-24)25-15-17-28(18-16-25)47(42,43)29-19-20-29)38-36-37-31(23-46-36)32(45-35(41)27-13-5-2-6-14-27)22-44-34(40)26-11-3-1-4-12-26/h1-6,11-18,21,23-24,29,32H,7-10,19-20,22H2,(H,37,38,39). The summed E-state index contributed by atoms with van der Waals surface area (Å²) in [7, 11) is -3.35. The molecule has 1 atom stereocenters. The first kappa shape index (κ1) is 32.3. The maximum atomic E-state index is 13.7. The predicted molar refractivity (Wildman–Crippen MR) is 179 cm³/mol. The molecule has 0 spiro atoms. The Balaban J connectivity index is 1.21. The van der Waals surface area contributed by atoms with Gasteiger partial charge in [0.1, 0.15) is 6.61 Å². The summed E-state index contributed by atoms with van der Waals surface area (Å²) in [6, 6.07) is 23.4. The van der Waals surface area contributed by atoms with E-state index in [0.29, 0.717) is 40.8 Å². The van der Waals surface area contributed by atoms with E-state index in [2.05, 4.69) is 10.3 Å². The molecule has 11 heteroatoms. The van der Waals surface area contributed by atoms with Crippen LogP contribution in [-0.4, -0.2) is 43.1 Å². The van der Waals surface area contributed by atoms with Gasteiger partial charge in [0.25, 0.3) is 5.91 Å². The second-order valence-corrected chi connectivity index (χ2v) is 14.7. The molecule has 2 aliphatic carbocycles. The lowest BCUT2D eigenvalue weighted by molar-refractivity contribution is -0.111. The molecular formula is C36H34N2O7S2. The van der Waals surface area contributed by atoms with Crippen LogP contribution >= 0.6 is 11.3 Å². The van der Waals surface area contributed by atoms with Gasteiger partial charge in [-0.1, -0.05) is 67.4 Å². The van der Waals surface area contributed by atoms with Crippen LogP contribution in [0, 0.1) is 5.92 Å². The number of carbonyl (C=O) groups is 3. The number of hydrogen-bond donors (Lipinski definition) is 1. The van der Waals surface area contributed by atoms with Gasteiger partial charge in [0.15, 0.2) is 21.1 Å². The van der Waals surface area contributed by atoms with Gasteiger partial charge < -0.3 is 9.47 Å². The van der Waals surface area contributed by atoms with Gasteiger partial charge >= 0.3 is 11.9 Å². The number of amides is 1. The smallest absolute Gasteiger partial charge is 0.338 e. The van der Waals surface area contributed by atoms with Crippen molar-refractivity contribution in [2.75, 3.05) is 11.9 Å². The number of hydrogen-bond acceptors (Lipinski definition) is 9. The number of aromatic nitrogens is 1. The maximum Gasteiger partial charge on any atom is 0.338 e. The fourth-order valence-electron chi connectivity index (χ4n) is 5.47. The highest BCUT2D eigenvalue weighted by molar-refractivity contribution is 7.92. The average molecular weight is 671 g/mol. The van der Waals surface area contributed by atoms with Crippen LogP contribution in [0.3, 0.4) is 0 Å². The van der Waals surface area contributed by atoms with Crippen molar-refractivity contribution in [1.82, 2.24) is 4.98 Å². The van der Waals surface area contributed by atoms with Crippen LogP contribution in [0.2, 0.25) is 0 Å². The second-order valence-electron chi connectivity index (χ2n) is 11.6. The molecule has 4 aromatic rings. The van der Waals surface area contributed by atoms with E-state index < -0.39 is 27.9 Å². The quantitative estimate of drug-likeness (QED) is 0.126. The molecule has 1 amide bonds. The SMILES string of the molecule is O=C(Nc1nc(C(COC(=O)c2ccccc2)OC(=O)c2ccccc2)cs1)C(=CC1CCCC1)c1ccc(S(=O)(=O)C2CC2)cc1. The third-order valence-corrected chi connectivity index (χ3v) is 11.3. The highest BCUT2D eigenvalue weighted by atomic mass is 32.2. The Labute approximate surface area is 277 Å². The third kappa shape index (κ3) is 8.04. The molecule has 1 aromatic heterocycles. The molecule has 3 aromatic carbocycles. The Kier molecular flexibility index (Phi) is 9.93. The fraction of sp³-hybridized carbons (Fsp3) is 0.278. The van der Waals surface area contributed by atoms with E-state index in [4.69, 9.17) is 9.47 Å². The van der Waals surface area contributed by atoms with Crippen molar-refractivity contribution in [3.05, 3.63) is 119 Å². The van der Waals surface area contributed by atoms with Crippen molar-refractivity contribution < 1.29 is 32.3 Å². The first-order chi connectivity index (χ1) is 22.8. The van der Waals surface area contributed by atoms with Gasteiger partial charge in [-0.25, -0.2) is 23.0 Å². The molecule has 1 N–H and O–H groups in total. The Bertz CT molecular complexity index is 1860. The predicted octanol–water partition coefficient (Wildman–Crippen LogP) is 7.05. The fourth-order valence-corrected chi connectivity index (χ4v) is 7.88.